The molecule has 0 aliphatic carbocycles. The van der Waals surface area contributed by atoms with Gasteiger partial charge in [0.05, 0.1) is 0 Å². The summed E-state index contributed by atoms with van der Waals surface area (Å²) in [5, 5.41) is 21.4. The maximum atomic E-state index is 11.8. The van der Waals surface area contributed by atoms with Gasteiger partial charge in [-0.1, -0.05) is 43.1 Å². The van der Waals surface area contributed by atoms with Crippen LogP contribution in [0.5, 0.6) is 0 Å². The fraction of sp³-hybridized carbons (Fsp3) is 0.385. The van der Waals surface area contributed by atoms with Crippen LogP contribution in [0.25, 0.3) is 0 Å². The van der Waals surface area contributed by atoms with E-state index in [1.165, 1.54) is 6.07 Å². The lowest BCUT2D eigenvalue weighted by Gasteiger charge is -2.17. The average Bonchev–Trinajstić information content (AvgIpc) is 2.37. The van der Waals surface area contributed by atoms with E-state index in [4.69, 9.17) is 16.7 Å². The van der Waals surface area contributed by atoms with Crippen molar-refractivity contribution in [3.63, 3.8) is 0 Å². The van der Waals surface area contributed by atoms with Crippen molar-refractivity contribution in [3.8, 4) is 0 Å². The lowest BCUT2D eigenvalue weighted by Crippen LogP contribution is -2.43. The van der Waals surface area contributed by atoms with Crippen molar-refractivity contribution in [2.75, 3.05) is 0 Å². The largest absolute Gasteiger partial charge is 0.480 e. The summed E-state index contributed by atoms with van der Waals surface area (Å²) in [4.78, 5) is 22.7. The lowest BCUT2D eigenvalue weighted by atomic mass is 10.1. The number of aliphatic hydroxyl groups is 1. The maximum Gasteiger partial charge on any atom is 0.326 e. The predicted octanol–water partition coefficient (Wildman–Crippen LogP) is 1.74. The number of halogens is 1. The number of aliphatic carboxylic acids is 1. The van der Waals surface area contributed by atoms with E-state index in [-0.39, 0.29) is 10.6 Å². The van der Waals surface area contributed by atoms with E-state index in [1.807, 2.05) is 6.92 Å². The van der Waals surface area contributed by atoms with Crippen molar-refractivity contribution >= 4 is 23.5 Å². The number of rotatable bonds is 6. The molecule has 104 valence electrons. The van der Waals surface area contributed by atoms with Gasteiger partial charge in [0.1, 0.15) is 6.04 Å². The molecule has 1 amide bonds. The topological polar surface area (TPSA) is 86.6 Å². The third-order valence-corrected chi connectivity index (χ3v) is 2.98. The molecule has 0 heterocycles. The van der Waals surface area contributed by atoms with Crippen molar-refractivity contribution in [1.82, 2.24) is 5.32 Å². The Bertz CT molecular complexity index is 464. The number of carbonyl (C=O) groups excluding carboxylic acids is 1. The van der Waals surface area contributed by atoms with Crippen LogP contribution in [-0.4, -0.2) is 28.1 Å². The van der Waals surface area contributed by atoms with Crippen LogP contribution in [0.4, 0.5) is 0 Å². The van der Waals surface area contributed by atoms with Gasteiger partial charge in [-0.2, -0.15) is 0 Å². The van der Waals surface area contributed by atoms with Crippen molar-refractivity contribution in [2.24, 2.45) is 0 Å². The Morgan fingerprint density at radius 1 is 1.37 bits per heavy atom. The number of aliphatic hydroxyl groups excluding tert-OH is 1. The Balaban J connectivity index is 2.77. The summed E-state index contributed by atoms with van der Waals surface area (Å²) in [6, 6.07) is 5.37. The number of carbonyl (C=O) groups is 2. The Hall–Kier alpha value is -1.59. The summed E-state index contributed by atoms with van der Waals surface area (Å²) in [5.41, 5.74) is 0.252. The highest BCUT2D eigenvalue weighted by Crippen LogP contribution is 2.22. The van der Waals surface area contributed by atoms with Crippen LogP contribution in [0.3, 0.4) is 0 Å². The van der Waals surface area contributed by atoms with E-state index in [0.717, 1.165) is 0 Å². The van der Waals surface area contributed by atoms with Gasteiger partial charge in [0.25, 0.3) is 5.91 Å². The third-order valence-electron chi connectivity index (χ3n) is 2.64. The van der Waals surface area contributed by atoms with Crippen molar-refractivity contribution in [2.45, 2.75) is 31.9 Å². The number of benzene rings is 1. The molecule has 5 nitrogen and oxygen atoms in total. The third kappa shape index (κ3) is 4.22. The molecular weight excluding hydrogens is 270 g/mol. The summed E-state index contributed by atoms with van der Waals surface area (Å²) in [5.74, 6) is -1.89. The second kappa shape index (κ2) is 7.11. The summed E-state index contributed by atoms with van der Waals surface area (Å²) >= 11 is 5.87. The molecule has 3 N–H and O–H groups in total. The van der Waals surface area contributed by atoms with Crippen molar-refractivity contribution in [3.05, 3.63) is 34.9 Å². The Labute approximate surface area is 116 Å². The van der Waals surface area contributed by atoms with Crippen molar-refractivity contribution in [1.29, 1.82) is 0 Å². The van der Waals surface area contributed by atoms with Gasteiger partial charge in [-0.15, -0.1) is 0 Å². The number of nitrogens with one attached hydrogen (secondary N) is 1. The van der Waals surface area contributed by atoms with E-state index in [0.29, 0.717) is 12.8 Å². The normalized spacial score (nSPS) is 13.6. The van der Waals surface area contributed by atoms with Gasteiger partial charge in [-0.05, 0) is 12.5 Å². The highest BCUT2D eigenvalue weighted by molar-refractivity contribution is 6.31. The summed E-state index contributed by atoms with van der Waals surface area (Å²) in [6.07, 6.45) is -0.567. The number of carboxylic acid groups (broad SMARTS) is 1. The molecule has 0 saturated heterocycles. The van der Waals surface area contributed by atoms with Crippen LogP contribution in [0.15, 0.2) is 24.3 Å². The average molecular weight is 286 g/mol. The zero-order valence-corrected chi connectivity index (χ0v) is 11.2. The zero-order chi connectivity index (χ0) is 14.4. The van der Waals surface area contributed by atoms with Gasteiger partial charge in [-0.25, -0.2) is 4.79 Å². The number of amides is 1. The fourth-order valence-corrected chi connectivity index (χ4v) is 1.87. The highest BCUT2D eigenvalue weighted by Gasteiger charge is 2.25. The molecule has 1 aromatic rings. The molecule has 0 aliphatic heterocycles. The molecule has 0 saturated carbocycles. The molecular formula is C13H16ClNO4. The van der Waals surface area contributed by atoms with Gasteiger partial charge in [0, 0.05) is 10.6 Å². The maximum absolute atomic E-state index is 11.8. The monoisotopic (exact) mass is 285 g/mol. The number of hydrogen-bond acceptors (Lipinski definition) is 3. The summed E-state index contributed by atoms with van der Waals surface area (Å²) in [6.45, 7) is 1.81. The molecule has 0 bridgehead atoms. The molecule has 19 heavy (non-hydrogen) atoms. The van der Waals surface area contributed by atoms with Gasteiger partial charge < -0.3 is 15.5 Å². The van der Waals surface area contributed by atoms with E-state index in [1.54, 1.807) is 18.2 Å². The van der Waals surface area contributed by atoms with E-state index in [9.17, 15) is 14.7 Å². The van der Waals surface area contributed by atoms with Gasteiger partial charge >= 0.3 is 5.97 Å². The quantitative estimate of drug-likeness (QED) is 0.743. The Morgan fingerprint density at radius 3 is 2.53 bits per heavy atom. The molecule has 1 rings (SSSR count). The van der Waals surface area contributed by atoms with E-state index < -0.39 is 24.0 Å². The zero-order valence-electron chi connectivity index (χ0n) is 10.5. The molecule has 0 aliphatic rings. The first-order valence-corrected chi connectivity index (χ1v) is 6.30. The van der Waals surface area contributed by atoms with E-state index in [2.05, 4.69) is 5.32 Å². The first-order chi connectivity index (χ1) is 8.97. The standard InChI is InChI=1S/C13H16ClNO4/c1-2-5-10(13(18)19)15-12(17)11(16)8-6-3-4-7-9(8)14/h3-4,6-7,10-11,16H,2,5H2,1H3,(H,15,17)(H,18,19). The summed E-state index contributed by atoms with van der Waals surface area (Å²) in [7, 11) is 0. The minimum Gasteiger partial charge on any atom is -0.480 e. The Kier molecular flexibility index (Phi) is 5.79. The van der Waals surface area contributed by atoms with Gasteiger partial charge in [-0.3, -0.25) is 4.79 Å². The molecule has 0 spiro atoms. The van der Waals surface area contributed by atoms with Crippen molar-refractivity contribution < 1.29 is 19.8 Å². The molecule has 6 heteroatoms. The van der Waals surface area contributed by atoms with Crippen LogP contribution >= 0.6 is 11.6 Å². The Morgan fingerprint density at radius 2 is 2.00 bits per heavy atom. The van der Waals surface area contributed by atoms with Gasteiger partial charge in [0.15, 0.2) is 6.10 Å². The minimum atomic E-state index is -1.48. The van der Waals surface area contributed by atoms with Crippen LogP contribution in [-0.2, 0) is 9.59 Å². The first-order valence-electron chi connectivity index (χ1n) is 5.93. The minimum absolute atomic E-state index is 0.252. The predicted molar refractivity (Wildman–Crippen MR) is 70.9 cm³/mol. The second-order valence-corrected chi connectivity index (χ2v) is 4.52. The molecule has 2 atom stereocenters. The van der Waals surface area contributed by atoms with Crippen LogP contribution in [0, 0.1) is 0 Å². The highest BCUT2D eigenvalue weighted by atomic mass is 35.5. The van der Waals surface area contributed by atoms with E-state index >= 15 is 0 Å². The lowest BCUT2D eigenvalue weighted by molar-refractivity contribution is -0.143. The van der Waals surface area contributed by atoms with Crippen LogP contribution in [0.1, 0.15) is 31.4 Å². The van der Waals surface area contributed by atoms with Crippen LogP contribution < -0.4 is 5.32 Å². The molecule has 2 unspecified atom stereocenters. The molecule has 1 aromatic carbocycles. The summed E-state index contributed by atoms with van der Waals surface area (Å²) < 4.78 is 0. The molecule has 0 fully saturated rings. The second-order valence-electron chi connectivity index (χ2n) is 4.11. The van der Waals surface area contributed by atoms with Gasteiger partial charge in [0.2, 0.25) is 0 Å². The van der Waals surface area contributed by atoms with Crippen LogP contribution in [0.2, 0.25) is 5.02 Å². The number of carboxylic acids is 1. The number of hydrogen-bond donors (Lipinski definition) is 3. The molecule has 0 radical (unpaired) electrons. The SMILES string of the molecule is CCCC(NC(=O)C(O)c1ccccc1Cl)C(=O)O. The first kappa shape index (κ1) is 15.5. The fourth-order valence-electron chi connectivity index (χ4n) is 1.63. The smallest absolute Gasteiger partial charge is 0.326 e. The molecule has 0 aromatic heterocycles.